The van der Waals surface area contributed by atoms with Crippen LogP contribution >= 0.6 is 0 Å². The van der Waals surface area contributed by atoms with E-state index in [0.717, 1.165) is 16.9 Å². The number of carbonyl (C=O) groups is 2. The predicted molar refractivity (Wildman–Crippen MR) is 116 cm³/mol. The molecule has 0 aliphatic carbocycles. The van der Waals surface area contributed by atoms with Crippen molar-refractivity contribution >= 4 is 11.9 Å². The molecule has 0 bridgehead atoms. The molecule has 0 heterocycles. The Kier molecular flexibility index (Phi) is 9.28. The number of hydrogen-bond acceptors (Lipinski definition) is 6. The van der Waals surface area contributed by atoms with Crippen molar-refractivity contribution in [1.29, 1.82) is 0 Å². The molecule has 3 N–H and O–H groups in total. The molecular formula is C22H29N3O6. The van der Waals surface area contributed by atoms with Gasteiger partial charge in [-0.05, 0) is 42.3 Å². The average Bonchev–Trinajstić information content (AvgIpc) is 2.80. The molecule has 0 aromatic heterocycles. The lowest BCUT2D eigenvalue weighted by atomic mass is 10.2. The van der Waals surface area contributed by atoms with Gasteiger partial charge in [-0.15, -0.1) is 0 Å². The predicted octanol–water partition coefficient (Wildman–Crippen LogP) is 2.23. The van der Waals surface area contributed by atoms with Crippen molar-refractivity contribution in [3.63, 3.8) is 0 Å². The Hall–Kier alpha value is -3.62. The number of nitrogens with one attached hydrogen (secondary N) is 3. The van der Waals surface area contributed by atoms with Crippen LogP contribution in [-0.2, 0) is 17.9 Å². The molecule has 2 aromatic rings. The zero-order valence-electron chi connectivity index (χ0n) is 18.2. The van der Waals surface area contributed by atoms with Crippen molar-refractivity contribution in [2.45, 2.75) is 20.0 Å². The van der Waals surface area contributed by atoms with E-state index in [0.29, 0.717) is 30.4 Å². The third kappa shape index (κ3) is 7.29. The fraction of sp³-hybridized carbons (Fsp3) is 0.364. The molecule has 0 unspecified atom stereocenters. The number of hydrogen-bond donors (Lipinski definition) is 3. The molecule has 0 radical (unpaired) electrons. The smallest absolute Gasteiger partial charge is 0.315 e. The van der Waals surface area contributed by atoms with Gasteiger partial charge in [0.1, 0.15) is 5.75 Å². The summed E-state index contributed by atoms with van der Waals surface area (Å²) in [4.78, 5) is 24.0. The van der Waals surface area contributed by atoms with Crippen molar-refractivity contribution in [1.82, 2.24) is 16.0 Å². The lowest BCUT2D eigenvalue weighted by Crippen LogP contribution is -2.41. The summed E-state index contributed by atoms with van der Waals surface area (Å²) in [6.45, 7) is 2.77. The topological polar surface area (TPSA) is 107 Å². The molecule has 31 heavy (non-hydrogen) atoms. The molecule has 9 nitrogen and oxygen atoms in total. The first-order valence-corrected chi connectivity index (χ1v) is 9.79. The quantitative estimate of drug-likeness (QED) is 0.504. The summed E-state index contributed by atoms with van der Waals surface area (Å²) >= 11 is 0. The maximum Gasteiger partial charge on any atom is 0.315 e. The molecule has 0 spiro atoms. The zero-order valence-corrected chi connectivity index (χ0v) is 18.2. The fourth-order valence-electron chi connectivity index (χ4n) is 2.73. The highest BCUT2D eigenvalue weighted by Gasteiger charge is 2.14. The van der Waals surface area contributed by atoms with Gasteiger partial charge in [-0.1, -0.05) is 12.1 Å². The Morgan fingerprint density at radius 2 is 1.42 bits per heavy atom. The highest BCUT2D eigenvalue weighted by atomic mass is 16.5. The second-order valence-electron chi connectivity index (χ2n) is 6.42. The third-order valence-corrected chi connectivity index (χ3v) is 4.32. The summed E-state index contributed by atoms with van der Waals surface area (Å²) in [6.07, 6.45) is 0. The van der Waals surface area contributed by atoms with Crippen LogP contribution < -0.4 is 34.9 Å². The van der Waals surface area contributed by atoms with Crippen molar-refractivity contribution < 1.29 is 28.5 Å². The van der Waals surface area contributed by atoms with E-state index in [4.69, 9.17) is 18.9 Å². The number of ether oxygens (including phenoxy) is 4. The molecular weight excluding hydrogens is 402 g/mol. The largest absolute Gasteiger partial charge is 0.497 e. The summed E-state index contributed by atoms with van der Waals surface area (Å²) in [5.74, 6) is 1.98. The van der Waals surface area contributed by atoms with Crippen molar-refractivity contribution in [2.75, 3.05) is 34.5 Å². The maximum absolute atomic E-state index is 12.0. The number of rotatable bonds is 11. The standard InChI is InChI=1S/C22H29N3O6/c1-5-31-21-18(29-3)10-16(11-19(21)30-4)13-24-22(27)25-14-20(26)23-12-15-6-8-17(28-2)9-7-15/h6-11H,5,12-14H2,1-4H3,(H,23,26)(H2,24,25,27). The first-order valence-electron chi connectivity index (χ1n) is 9.79. The highest BCUT2D eigenvalue weighted by molar-refractivity contribution is 5.83. The number of benzene rings is 2. The van der Waals surface area contributed by atoms with Gasteiger partial charge >= 0.3 is 6.03 Å². The normalized spacial score (nSPS) is 10.1. The Balaban J connectivity index is 1.80. The lowest BCUT2D eigenvalue weighted by molar-refractivity contribution is -0.120. The van der Waals surface area contributed by atoms with Crippen LogP contribution in [0.5, 0.6) is 23.0 Å². The molecule has 9 heteroatoms. The van der Waals surface area contributed by atoms with Gasteiger partial charge in [0.25, 0.3) is 0 Å². The van der Waals surface area contributed by atoms with Gasteiger partial charge in [0.15, 0.2) is 11.5 Å². The van der Waals surface area contributed by atoms with E-state index < -0.39 is 6.03 Å². The van der Waals surface area contributed by atoms with Crippen LogP contribution in [0.2, 0.25) is 0 Å². The second kappa shape index (κ2) is 12.2. The molecule has 2 rings (SSSR count). The Labute approximate surface area is 182 Å². The van der Waals surface area contributed by atoms with Crippen LogP contribution in [0.1, 0.15) is 18.1 Å². The number of amides is 3. The summed E-state index contributed by atoms with van der Waals surface area (Å²) in [6, 6.07) is 10.4. The van der Waals surface area contributed by atoms with Crippen LogP contribution in [0.3, 0.4) is 0 Å². The van der Waals surface area contributed by atoms with E-state index in [1.165, 1.54) is 14.2 Å². The van der Waals surface area contributed by atoms with Gasteiger partial charge < -0.3 is 34.9 Å². The van der Waals surface area contributed by atoms with Gasteiger partial charge in [0.05, 0.1) is 34.5 Å². The van der Waals surface area contributed by atoms with Gasteiger partial charge in [-0.2, -0.15) is 0 Å². The number of carbonyl (C=O) groups excluding carboxylic acids is 2. The average molecular weight is 431 g/mol. The van der Waals surface area contributed by atoms with E-state index in [2.05, 4.69) is 16.0 Å². The lowest BCUT2D eigenvalue weighted by Gasteiger charge is -2.15. The summed E-state index contributed by atoms with van der Waals surface area (Å²) < 4.78 is 21.4. The monoisotopic (exact) mass is 431 g/mol. The van der Waals surface area contributed by atoms with E-state index in [-0.39, 0.29) is 19.0 Å². The molecule has 3 amide bonds. The molecule has 0 saturated heterocycles. The molecule has 0 aliphatic heterocycles. The Morgan fingerprint density at radius 3 is 1.97 bits per heavy atom. The summed E-state index contributed by atoms with van der Waals surface area (Å²) in [5.41, 5.74) is 1.69. The third-order valence-electron chi connectivity index (χ3n) is 4.32. The van der Waals surface area contributed by atoms with Gasteiger partial charge in [0.2, 0.25) is 11.7 Å². The van der Waals surface area contributed by atoms with Gasteiger partial charge in [-0.25, -0.2) is 4.79 Å². The van der Waals surface area contributed by atoms with Crippen molar-refractivity contribution in [3.8, 4) is 23.0 Å². The molecule has 0 saturated carbocycles. The van der Waals surface area contributed by atoms with E-state index in [1.807, 2.05) is 31.2 Å². The Bertz CT molecular complexity index is 845. The maximum atomic E-state index is 12.0. The van der Waals surface area contributed by atoms with Crippen LogP contribution in [0, 0.1) is 0 Å². The van der Waals surface area contributed by atoms with E-state index in [1.54, 1.807) is 19.2 Å². The second-order valence-corrected chi connectivity index (χ2v) is 6.42. The minimum Gasteiger partial charge on any atom is -0.497 e. The van der Waals surface area contributed by atoms with Crippen molar-refractivity contribution in [2.24, 2.45) is 0 Å². The molecule has 0 fully saturated rings. The molecule has 0 atom stereocenters. The number of methoxy groups -OCH3 is 3. The van der Waals surface area contributed by atoms with Crippen LogP contribution in [0.25, 0.3) is 0 Å². The van der Waals surface area contributed by atoms with Crippen LogP contribution in [0.15, 0.2) is 36.4 Å². The van der Waals surface area contributed by atoms with Crippen molar-refractivity contribution in [3.05, 3.63) is 47.5 Å². The van der Waals surface area contributed by atoms with Crippen LogP contribution in [-0.4, -0.2) is 46.4 Å². The van der Waals surface area contributed by atoms with E-state index in [9.17, 15) is 9.59 Å². The van der Waals surface area contributed by atoms with Gasteiger partial charge in [-0.3, -0.25) is 4.79 Å². The Morgan fingerprint density at radius 1 is 0.806 bits per heavy atom. The van der Waals surface area contributed by atoms with Crippen LogP contribution in [0.4, 0.5) is 4.79 Å². The van der Waals surface area contributed by atoms with E-state index >= 15 is 0 Å². The summed E-state index contributed by atoms with van der Waals surface area (Å²) in [7, 11) is 4.66. The highest BCUT2D eigenvalue weighted by Crippen LogP contribution is 2.38. The SMILES string of the molecule is CCOc1c(OC)cc(CNC(=O)NCC(=O)NCc2ccc(OC)cc2)cc1OC. The summed E-state index contributed by atoms with van der Waals surface area (Å²) in [5, 5.41) is 7.97. The first kappa shape index (κ1) is 23.7. The minimum atomic E-state index is -0.466. The molecule has 2 aromatic carbocycles. The fourth-order valence-corrected chi connectivity index (χ4v) is 2.73. The zero-order chi connectivity index (χ0) is 22.6. The van der Waals surface area contributed by atoms with Gasteiger partial charge in [0, 0.05) is 13.1 Å². The molecule has 0 aliphatic rings. The number of urea groups is 1. The molecule has 168 valence electrons. The first-order chi connectivity index (χ1) is 15.0. The minimum absolute atomic E-state index is 0.141.